The molecule has 1 aromatic carbocycles. The van der Waals surface area contributed by atoms with E-state index in [0.717, 1.165) is 12.1 Å². The molecule has 19 heavy (non-hydrogen) atoms. The van der Waals surface area contributed by atoms with Crippen molar-refractivity contribution in [3.63, 3.8) is 0 Å². The largest absolute Gasteiger partial charge is 0.497 e. The van der Waals surface area contributed by atoms with Gasteiger partial charge in [-0.2, -0.15) is 13.2 Å². The summed E-state index contributed by atoms with van der Waals surface area (Å²) in [7, 11) is 1.36. The molecule has 2 N–H and O–H groups in total. The first-order valence-corrected chi connectivity index (χ1v) is 5.16. The van der Waals surface area contributed by atoms with Crippen LogP contribution >= 0.6 is 0 Å². The molecular formula is C11H9F3N2O3. The van der Waals surface area contributed by atoms with E-state index in [2.05, 4.69) is 0 Å². The van der Waals surface area contributed by atoms with E-state index in [9.17, 15) is 22.8 Å². The Bertz CT molecular complexity index is 527. The Morgan fingerprint density at radius 1 is 1.16 bits per heavy atom. The summed E-state index contributed by atoms with van der Waals surface area (Å²) in [5, 5.41) is 3.25. The van der Waals surface area contributed by atoms with Crippen LogP contribution in [0.2, 0.25) is 0 Å². The highest BCUT2D eigenvalue weighted by Crippen LogP contribution is 2.41. The number of alkyl halides is 3. The molecule has 8 heteroatoms. The lowest BCUT2D eigenvalue weighted by molar-refractivity contribution is -0.195. The van der Waals surface area contributed by atoms with Crippen molar-refractivity contribution < 1.29 is 27.5 Å². The molecule has 0 radical (unpaired) electrons. The van der Waals surface area contributed by atoms with Crippen molar-refractivity contribution in [2.45, 2.75) is 11.7 Å². The van der Waals surface area contributed by atoms with Gasteiger partial charge in [0.1, 0.15) is 5.75 Å². The molecule has 1 saturated heterocycles. The van der Waals surface area contributed by atoms with E-state index in [0.29, 0.717) is 5.75 Å². The van der Waals surface area contributed by atoms with Crippen molar-refractivity contribution in [1.29, 1.82) is 0 Å². The van der Waals surface area contributed by atoms with Crippen LogP contribution in [0.4, 0.5) is 18.0 Å². The van der Waals surface area contributed by atoms with Gasteiger partial charge in [0.15, 0.2) is 0 Å². The molecule has 2 rings (SSSR count). The molecule has 1 atom stereocenters. The lowest BCUT2D eigenvalue weighted by Crippen LogP contribution is -2.55. The number of carbonyl (C=O) groups excluding carboxylic acids is 2. The third kappa shape index (κ3) is 1.88. The van der Waals surface area contributed by atoms with Gasteiger partial charge in [-0.25, -0.2) is 4.79 Å². The van der Waals surface area contributed by atoms with Crippen molar-refractivity contribution >= 4 is 11.9 Å². The first-order valence-electron chi connectivity index (χ1n) is 5.16. The van der Waals surface area contributed by atoms with Gasteiger partial charge in [0.2, 0.25) is 5.54 Å². The Kier molecular flexibility index (Phi) is 2.88. The predicted octanol–water partition coefficient (Wildman–Crippen LogP) is 1.29. The topological polar surface area (TPSA) is 67.4 Å². The van der Waals surface area contributed by atoms with E-state index in [1.807, 2.05) is 0 Å². The summed E-state index contributed by atoms with van der Waals surface area (Å²) in [6.07, 6.45) is -4.96. The highest BCUT2D eigenvalue weighted by Gasteiger charge is 2.66. The summed E-state index contributed by atoms with van der Waals surface area (Å²) in [5.74, 6) is -1.11. The minimum Gasteiger partial charge on any atom is -0.497 e. The van der Waals surface area contributed by atoms with Gasteiger partial charge in [-0.05, 0) is 17.7 Å². The number of hydrogen-bond donors (Lipinski definition) is 2. The van der Waals surface area contributed by atoms with Gasteiger partial charge >= 0.3 is 12.2 Å². The average Bonchev–Trinajstić information content (AvgIpc) is 2.65. The van der Waals surface area contributed by atoms with Crippen LogP contribution < -0.4 is 15.4 Å². The molecule has 102 valence electrons. The Hall–Kier alpha value is -2.25. The zero-order chi connectivity index (χ0) is 14.3. The van der Waals surface area contributed by atoms with Crippen LogP contribution in [0.15, 0.2) is 24.3 Å². The van der Waals surface area contributed by atoms with Gasteiger partial charge in [0.25, 0.3) is 5.91 Å². The molecule has 1 fully saturated rings. The molecular weight excluding hydrogens is 265 g/mol. The first-order chi connectivity index (χ1) is 8.81. The number of benzene rings is 1. The number of amides is 3. The first kappa shape index (κ1) is 13.2. The van der Waals surface area contributed by atoms with Crippen molar-refractivity contribution in [3.8, 4) is 5.75 Å². The van der Waals surface area contributed by atoms with E-state index in [1.54, 1.807) is 10.6 Å². The van der Waals surface area contributed by atoms with Gasteiger partial charge in [-0.1, -0.05) is 12.1 Å². The van der Waals surface area contributed by atoms with Crippen LogP contribution in [-0.2, 0) is 10.3 Å². The quantitative estimate of drug-likeness (QED) is 0.799. The zero-order valence-electron chi connectivity index (χ0n) is 9.67. The Labute approximate surface area is 105 Å². The molecule has 0 unspecified atom stereocenters. The molecule has 3 amide bonds. The van der Waals surface area contributed by atoms with Crippen LogP contribution in [0.5, 0.6) is 5.75 Å². The molecule has 1 aliphatic rings. The van der Waals surface area contributed by atoms with E-state index < -0.39 is 23.7 Å². The number of ether oxygens (including phenoxy) is 1. The average molecular weight is 274 g/mol. The summed E-state index contributed by atoms with van der Waals surface area (Å²) in [6, 6.07) is 3.54. The van der Waals surface area contributed by atoms with E-state index >= 15 is 0 Å². The minimum atomic E-state index is -4.96. The van der Waals surface area contributed by atoms with Crippen molar-refractivity contribution in [2.75, 3.05) is 7.11 Å². The molecule has 0 aliphatic carbocycles. The number of imide groups is 1. The van der Waals surface area contributed by atoms with Crippen molar-refractivity contribution in [2.24, 2.45) is 0 Å². The van der Waals surface area contributed by atoms with E-state index in [-0.39, 0.29) is 5.56 Å². The zero-order valence-corrected chi connectivity index (χ0v) is 9.67. The summed E-state index contributed by atoms with van der Waals surface area (Å²) < 4.78 is 44.4. The fraction of sp³-hybridized carbons (Fsp3) is 0.273. The summed E-state index contributed by atoms with van der Waals surface area (Å²) in [6.45, 7) is 0. The van der Waals surface area contributed by atoms with Crippen LogP contribution in [-0.4, -0.2) is 25.2 Å². The maximum atomic E-state index is 13.2. The van der Waals surface area contributed by atoms with Gasteiger partial charge < -0.3 is 10.1 Å². The number of hydrogen-bond acceptors (Lipinski definition) is 3. The number of methoxy groups -OCH3 is 1. The number of nitrogens with one attached hydrogen (secondary N) is 2. The number of rotatable bonds is 2. The second-order valence-corrected chi connectivity index (χ2v) is 3.88. The van der Waals surface area contributed by atoms with Crippen molar-refractivity contribution in [1.82, 2.24) is 10.6 Å². The molecule has 1 aromatic rings. The summed E-state index contributed by atoms with van der Waals surface area (Å²) >= 11 is 0. The minimum absolute atomic E-state index is 0.339. The van der Waals surface area contributed by atoms with Crippen LogP contribution in [0.1, 0.15) is 5.56 Å². The highest BCUT2D eigenvalue weighted by molar-refractivity contribution is 6.08. The van der Waals surface area contributed by atoms with Gasteiger partial charge in [-0.15, -0.1) is 0 Å². The number of halogens is 3. The maximum absolute atomic E-state index is 13.2. The lowest BCUT2D eigenvalue weighted by atomic mass is 9.89. The van der Waals surface area contributed by atoms with Gasteiger partial charge in [0.05, 0.1) is 7.11 Å². The summed E-state index contributed by atoms with van der Waals surface area (Å²) in [4.78, 5) is 22.6. The van der Waals surface area contributed by atoms with E-state index in [4.69, 9.17) is 4.74 Å². The molecule has 1 heterocycles. The number of urea groups is 1. The Morgan fingerprint density at radius 3 is 2.11 bits per heavy atom. The highest BCUT2D eigenvalue weighted by atomic mass is 19.4. The smallest absolute Gasteiger partial charge is 0.425 e. The number of carbonyl (C=O) groups is 2. The van der Waals surface area contributed by atoms with Crippen LogP contribution in [0.3, 0.4) is 0 Å². The molecule has 0 aromatic heterocycles. The predicted molar refractivity (Wildman–Crippen MR) is 57.4 cm³/mol. The molecule has 5 nitrogen and oxygen atoms in total. The van der Waals surface area contributed by atoms with E-state index in [1.165, 1.54) is 19.2 Å². The second-order valence-electron chi connectivity index (χ2n) is 3.88. The standard InChI is InChI=1S/C11H9F3N2O3/c1-19-7-4-2-6(3-5-7)10(11(12,13)14)8(17)15-9(18)16-10/h2-5H,1H3,(H2,15,16,17,18)/t10-/m1/s1. The SMILES string of the molecule is COc1ccc([C@@]2(C(F)(F)F)NC(=O)NC2=O)cc1. The molecule has 1 aliphatic heterocycles. The molecule has 0 spiro atoms. The third-order valence-corrected chi connectivity index (χ3v) is 2.82. The fourth-order valence-electron chi connectivity index (χ4n) is 1.86. The van der Waals surface area contributed by atoms with Crippen LogP contribution in [0, 0.1) is 0 Å². The maximum Gasteiger partial charge on any atom is 0.425 e. The lowest BCUT2D eigenvalue weighted by Gasteiger charge is -2.28. The monoisotopic (exact) mass is 274 g/mol. The molecule has 0 saturated carbocycles. The molecule has 0 bridgehead atoms. The van der Waals surface area contributed by atoms with Crippen molar-refractivity contribution in [3.05, 3.63) is 29.8 Å². The third-order valence-electron chi connectivity index (χ3n) is 2.82. The fourth-order valence-corrected chi connectivity index (χ4v) is 1.86. The Balaban J connectivity index is 2.55. The summed E-state index contributed by atoms with van der Waals surface area (Å²) in [5.41, 5.74) is -3.44. The van der Waals surface area contributed by atoms with Gasteiger partial charge in [-0.3, -0.25) is 10.1 Å². The van der Waals surface area contributed by atoms with Gasteiger partial charge in [0, 0.05) is 0 Å². The van der Waals surface area contributed by atoms with Crippen LogP contribution in [0.25, 0.3) is 0 Å². The second kappa shape index (κ2) is 4.15. The normalized spacial score (nSPS) is 22.9. The Morgan fingerprint density at radius 2 is 1.74 bits per heavy atom.